The number of halogens is 2. The Bertz CT molecular complexity index is 346. The minimum atomic E-state index is 0. The molecule has 2 saturated heterocycles. The molecule has 0 bridgehead atoms. The van der Waals surface area contributed by atoms with Crippen molar-refractivity contribution in [2.45, 2.75) is 6.42 Å². The maximum atomic E-state index is 12.2. The molecule has 22 heavy (non-hydrogen) atoms. The van der Waals surface area contributed by atoms with Crippen LogP contribution in [0.3, 0.4) is 0 Å². The number of hydrogen-bond donors (Lipinski definition) is 1. The van der Waals surface area contributed by atoms with Gasteiger partial charge < -0.3 is 20.3 Å². The Hall–Kier alpha value is -0.600. The summed E-state index contributed by atoms with van der Waals surface area (Å²) in [7, 11) is 0. The van der Waals surface area contributed by atoms with Crippen molar-refractivity contribution in [1.82, 2.24) is 14.7 Å². The standard InChI is InChI=1S/C13H24N4O3.2ClH/c14-2-1-12(18)16-3-5-17(6-4-16)13(19)11-15-7-9-20-10-8-15;;/h1-11,14H2;2*1H. The molecule has 0 saturated carbocycles. The van der Waals surface area contributed by atoms with E-state index in [2.05, 4.69) is 4.90 Å². The molecule has 2 N–H and O–H groups in total. The van der Waals surface area contributed by atoms with Gasteiger partial charge in [-0.25, -0.2) is 0 Å². The first-order valence-electron chi connectivity index (χ1n) is 7.26. The fourth-order valence-electron chi connectivity index (χ4n) is 2.54. The van der Waals surface area contributed by atoms with Crippen LogP contribution >= 0.6 is 24.8 Å². The highest BCUT2D eigenvalue weighted by Gasteiger charge is 2.25. The van der Waals surface area contributed by atoms with Gasteiger partial charge in [-0.15, -0.1) is 24.8 Å². The van der Waals surface area contributed by atoms with Crippen LogP contribution in [-0.4, -0.2) is 92.1 Å². The van der Waals surface area contributed by atoms with Gasteiger partial charge in [-0.05, 0) is 0 Å². The second kappa shape index (κ2) is 11.0. The molecular weight excluding hydrogens is 331 g/mol. The fourth-order valence-corrected chi connectivity index (χ4v) is 2.54. The third-order valence-electron chi connectivity index (χ3n) is 3.81. The van der Waals surface area contributed by atoms with E-state index in [4.69, 9.17) is 10.5 Å². The van der Waals surface area contributed by atoms with Crippen LogP contribution in [0.25, 0.3) is 0 Å². The number of nitrogens with two attached hydrogens (primary N) is 1. The lowest BCUT2D eigenvalue weighted by Gasteiger charge is -2.36. The third-order valence-corrected chi connectivity index (χ3v) is 3.81. The Morgan fingerprint density at radius 3 is 1.86 bits per heavy atom. The van der Waals surface area contributed by atoms with Crippen LogP contribution in [0.15, 0.2) is 0 Å². The van der Waals surface area contributed by atoms with Gasteiger partial charge in [0.15, 0.2) is 0 Å². The summed E-state index contributed by atoms with van der Waals surface area (Å²) in [5.41, 5.74) is 5.39. The molecule has 130 valence electrons. The number of rotatable bonds is 4. The predicted molar refractivity (Wildman–Crippen MR) is 88.6 cm³/mol. The summed E-state index contributed by atoms with van der Waals surface area (Å²) in [5.74, 6) is 0.241. The van der Waals surface area contributed by atoms with E-state index in [1.54, 1.807) is 4.90 Å². The molecule has 2 rings (SSSR count). The number of carbonyl (C=O) groups excluding carboxylic acids is 2. The first kappa shape index (κ1) is 21.4. The van der Waals surface area contributed by atoms with E-state index in [9.17, 15) is 9.59 Å². The monoisotopic (exact) mass is 356 g/mol. The second-order valence-corrected chi connectivity index (χ2v) is 5.19. The SMILES string of the molecule is Cl.Cl.NCCC(=O)N1CCN(C(=O)CN2CCOCC2)CC1. The molecule has 2 aliphatic heterocycles. The van der Waals surface area contributed by atoms with Crippen molar-refractivity contribution in [3.05, 3.63) is 0 Å². The van der Waals surface area contributed by atoms with E-state index in [-0.39, 0.29) is 36.6 Å². The Morgan fingerprint density at radius 1 is 0.864 bits per heavy atom. The smallest absolute Gasteiger partial charge is 0.236 e. The quantitative estimate of drug-likeness (QED) is 0.712. The van der Waals surface area contributed by atoms with Crippen molar-refractivity contribution in [3.63, 3.8) is 0 Å². The zero-order valence-electron chi connectivity index (χ0n) is 12.7. The zero-order valence-corrected chi connectivity index (χ0v) is 14.4. The molecule has 0 unspecified atom stereocenters. The summed E-state index contributed by atoms with van der Waals surface area (Å²) in [6.07, 6.45) is 0.391. The molecule has 2 amide bonds. The Kier molecular flexibility index (Phi) is 10.7. The first-order chi connectivity index (χ1) is 9.70. The molecule has 7 nitrogen and oxygen atoms in total. The normalized spacial score (nSPS) is 19.1. The summed E-state index contributed by atoms with van der Waals surface area (Å²) in [6, 6.07) is 0. The molecule has 0 aromatic carbocycles. The van der Waals surface area contributed by atoms with Crippen LogP contribution in [0, 0.1) is 0 Å². The first-order valence-corrected chi connectivity index (χ1v) is 7.26. The highest BCUT2D eigenvalue weighted by Crippen LogP contribution is 2.05. The summed E-state index contributed by atoms with van der Waals surface area (Å²) >= 11 is 0. The van der Waals surface area contributed by atoms with Crippen molar-refractivity contribution >= 4 is 36.6 Å². The summed E-state index contributed by atoms with van der Waals surface area (Å²) in [6.45, 7) is 6.38. The fraction of sp³-hybridized carbons (Fsp3) is 0.846. The van der Waals surface area contributed by atoms with Gasteiger partial charge in [-0.1, -0.05) is 0 Å². The zero-order chi connectivity index (χ0) is 14.4. The molecule has 2 heterocycles. The van der Waals surface area contributed by atoms with Crippen LogP contribution in [0.2, 0.25) is 0 Å². The molecule has 2 fully saturated rings. The van der Waals surface area contributed by atoms with E-state index in [1.807, 2.05) is 4.90 Å². The minimum Gasteiger partial charge on any atom is -0.379 e. The molecular formula is C13H26Cl2N4O3. The minimum absolute atomic E-state index is 0. The number of hydrogen-bond acceptors (Lipinski definition) is 5. The largest absolute Gasteiger partial charge is 0.379 e. The number of morpholine rings is 1. The summed E-state index contributed by atoms with van der Waals surface area (Å²) < 4.78 is 5.27. The summed E-state index contributed by atoms with van der Waals surface area (Å²) in [5, 5.41) is 0. The lowest BCUT2D eigenvalue weighted by molar-refractivity contribution is -0.140. The van der Waals surface area contributed by atoms with Crippen molar-refractivity contribution in [1.29, 1.82) is 0 Å². The van der Waals surface area contributed by atoms with Gasteiger partial charge in [0.2, 0.25) is 11.8 Å². The number of amides is 2. The number of piperazine rings is 1. The topological polar surface area (TPSA) is 79.1 Å². The van der Waals surface area contributed by atoms with Crippen LogP contribution in [0.4, 0.5) is 0 Å². The van der Waals surface area contributed by atoms with Gasteiger partial charge in [0.05, 0.1) is 19.8 Å². The van der Waals surface area contributed by atoms with Gasteiger partial charge in [-0.2, -0.15) is 0 Å². The summed E-state index contributed by atoms with van der Waals surface area (Å²) in [4.78, 5) is 29.7. The number of ether oxygens (including phenoxy) is 1. The van der Waals surface area contributed by atoms with E-state index in [0.717, 1.165) is 13.1 Å². The molecule has 0 radical (unpaired) electrons. The Labute approximate surface area is 143 Å². The van der Waals surface area contributed by atoms with Crippen LogP contribution in [0.1, 0.15) is 6.42 Å². The number of carbonyl (C=O) groups is 2. The Morgan fingerprint density at radius 2 is 1.36 bits per heavy atom. The molecule has 0 spiro atoms. The highest BCUT2D eigenvalue weighted by molar-refractivity contribution is 5.85. The van der Waals surface area contributed by atoms with Gasteiger partial charge in [0, 0.05) is 52.2 Å². The molecule has 0 aromatic rings. The van der Waals surface area contributed by atoms with Crippen LogP contribution in [0.5, 0.6) is 0 Å². The molecule has 9 heteroatoms. The Balaban J connectivity index is 0.00000220. The van der Waals surface area contributed by atoms with E-state index >= 15 is 0 Å². The van der Waals surface area contributed by atoms with Gasteiger partial charge in [0.25, 0.3) is 0 Å². The van der Waals surface area contributed by atoms with Crippen molar-refractivity contribution < 1.29 is 14.3 Å². The molecule has 2 aliphatic rings. The maximum Gasteiger partial charge on any atom is 0.236 e. The van der Waals surface area contributed by atoms with Gasteiger partial charge in [-0.3, -0.25) is 14.5 Å². The third kappa shape index (κ3) is 6.26. The lowest BCUT2D eigenvalue weighted by atomic mass is 10.2. The van der Waals surface area contributed by atoms with Crippen molar-refractivity contribution in [2.75, 3.05) is 65.6 Å². The van der Waals surface area contributed by atoms with Crippen molar-refractivity contribution in [3.8, 4) is 0 Å². The highest BCUT2D eigenvalue weighted by atomic mass is 35.5. The van der Waals surface area contributed by atoms with Gasteiger partial charge in [0.1, 0.15) is 0 Å². The number of nitrogens with zero attached hydrogens (tertiary/aromatic N) is 3. The van der Waals surface area contributed by atoms with E-state index in [0.29, 0.717) is 58.9 Å². The van der Waals surface area contributed by atoms with E-state index in [1.165, 1.54) is 0 Å². The molecule has 0 aromatic heterocycles. The molecule has 0 aliphatic carbocycles. The molecule has 0 atom stereocenters. The van der Waals surface area contributed by atoms with Gasteiger partial charge >= 0.3 is 0 Å². The maximum absolute atomic E-state index is 12.2. The average molecular weight is 357 g/mol. The van der Waals surface area contributed by atoms with Crippen LogP contribution < -0.4 is 5.73 Å². The van der Waals surface area contributed by atoms with Crippen LogP contribution in [-0.2, 0) is 14.3 Å². The predicted octanol–water partition coefficient (Wildman–Crippen LogP) is -0.818. The van der Waals surface area contributed by atoms with Crippen molar-refractivity contribution in [2.24, 2.45) is 5.73 Å². The second-order valence-electron chi connectivity index (χ2n) is 5.19. The lowest BCUT2D eigenvalue weighted by Crippen LogP contribution is -2.53. The van der Waals surface area contributed by atoms with E-state index < -0.39 is 0 Å². The average Bonchev–Trinajstić information content (AvgIpc) is 2.48.